The molecule has 1 aliphatic rings. The molecule has 138 valence electrons. The average Bonchev–Trinajstić information content (AvgIpc) is 2.60. The van der Waals surface area contributed by atoms with Gasteiger partial charge in [0.05, 0.1) is 12.1 Å². The molecule has 0 aliphatic heterocycles. The standard InChI is InChI=1S/C16H19F2N7O/c17-16(18)8-4-7-10(12(16)19)22-15-23-14(11(13(20)26)24-25-15)21-9-5-2-1-3-6-9/h1-3,5-6,10,12H,4,7-8,19H2,(H2,20,26)(H2,21,22,23,25)/t10-,12-/m1/s1. The minimum absolute atomic E-state index is 0.00780. The van der Waals surface area contributed by atoms with Crippen LogP contribution in [0.4, 0.5) is 26.2 Å². The molecule has 1 amide bonds. The molecule has 2 aromatic rings. The second-order valence-corrected chi connectivity index (χ2v) is 6.12. The number of rotatable bonds is 5. The molecule has 0 saturated heterocycles. The summed E-state index contributed by atoms with van der Waals surface area (Å²) >= 11 is 0. The van der Waals surface area contributed by atoms with E-state index in [0.717, 1.165) is 0 Å². The number of aromatic nitrogens is 3. The lowest BCUT2D eigenvalue weighted by atomic mass is 9.87. The number of anilines is 3. The number of hydrogen-bond acceptors (Lipinski definition) is 7. The van der Waals surface area contributed by atoms with Crippen LogP contribution in [0.5, 0.6) is 0 Å². The monoisotopic (exact) mass is 363 g/mol. The summed E-state index contributed by atoms with van der Waals surface area (Å²) in [5, 5.41) is 13.2. The summed E-state index contributed by atoms with van der Waals surface area (Å²) < 4.78 is 27.6. The van der Waals surface area contributed by atoms with Gasteiger partial charge in [0.2, 0.25) is 5.95 Å². The van der Waals surface area contributed by atoms with Crippen molar-refractivity contribution in [1.82, 2.24) is 15.2 Å². The van der Waals surface area contributed by atoms with Gasteiger partial charge in [-0.1, -0.05) is 18.2 Å². The van der Waals surface area contributed by atoms with E-state index in [0.29, 0.717) is 18.5 Å². The van der Waals surface area contributed by atoms with Crippen molar-refractivity contribution >= 4 is 23.4 Å². The van der Waals surface area contributed by atoms with E-state index in [1.54, 1.807) is 24.3 Å². The SMILES string of the molecule is NC(=O)c1nnc(N[C@@H]2CCCC(F)(F)[C@@H]2N)nc1Nc1ccccc1. The van der Waals surface area contributed by atoms with Crippen molar-refractivity contribution in [2.45, 2.75) is 37.3 Å². The first-order valence-electron chi connectivity index (χ1n) is 8.13. The van der Waals surface area contributed by atoms with Gasteiger partial charge >= 0.3 is 0 Å². The Morgan fingerprint density at radius 3 is 2.65 bits per heavy atom. The third-order valence-electron chi connectivity index (χ3n) is 4.22. The first-order valence-corrected chi connectivity index (χ1v) is 8.13. The van der Waals surface area contributed by atoms with Crippen LogP contribution in [-0.2, 0) is 0 Å². The van der Waals surface area contributed by atoms with E-state index < -0.39 is 23.9 Å². The molecule has 1 aliphatic carbocycles. The van der Waals surface area contributed by atoms with Gasteiger partial charge in [0, 0.05) is 12.1 Å². The number of hydrogen-bond donors (Lipinski definition) is 4. The third kappa shape index (κ3) is 3.85. The Labute approximate surface area is 148 Å². The van der Waals surface area contributed by atoms with Gasteiger partial charge in [-0.05, 0) is 25.0 Å². The first-order chi connectivity index (χ1) is 12.4. The number of nitrogens with one attached hydrogen (secondary N) is 2. The second kappa shape index (κ2) is 7.16. The fraction of sp³-hybridized carbons (Fsp3) is 0.375. The summed E-state index contributed by atoms with van der Waals surface area (Å²) in [6.07, 6.45) is 0.548. The molecule has 0 unspecified atom stereocenters. The molecule has 2 atom stereocenters. The van der Waals surface area contributed by atoms with E-state index in [4.69, 9.17) is 11.5 Å². The highest BCUT2D eigenvalue weighted by molar-refractivity contribution is 5.96. The summed E-state index contributed by atoms with van der Waals surface area (Å²) in [5.74, 6) is -3.69. The van der Waals surface area contributed by atoms with Crippen LogP contribution in [-0.4, -0.2) is 39.1 Å². The summed E-state index contributed by atoms with van der Waals surface area (Å²) in [6.45, 7) is 0. The molecule has 26 heavy (non-hydrogen) atoms. The van der Waals surface area contributed by atoms with Gasteiger partial charge in [-0.15, -0.1) is 10.2 Å². The van der Waals surface area contributed by atoms with Crippen molar-refractivity contribution in [3.63, 3.8) is 0 Å². The Kier molecular flexibility index (Phi) is 4.94. The van der Waals surface area contributed by atoms with Crippen LogP contribution < -0.4 is 22.1 Å². The van der Waals surface area contributed by atoms with Crippen molar-refractivity contribution in [3.8, 4) is 0 Å². The lowest BCUT2D eigenvalue weighted by Crippen LogP contribution is -2.55. The van der Waals surface area contributed by atoms with Gasteiger partial charge < -0.3 is 22.1 Å². The predicted octanol–water partition coefficient (Wildman–Crippen LogP) is 1.64. The van der Waals surface area contributed by atoms with Gasteiger partial charge in [-0.3, -0.25) is 4.79 Å². The topological polar surface area (TPSA) is 132 Å². The molecule has 3 rings (SSSR count). The highest BCUT2D eigenvalue weighted by atomic mass is 19.3. The molecule has 0 radical (unpaired) electrons. The number of para-hydroxylation sites is 1. The quantitative estimate of drug-likeness (QED) is 0.635. The minimum Gasteiger partial charge on any atom is -0.364 e. The van der Waals surface area contributed by atoms with Crippen LogP contribution in [0.15, 0.2) is 30.3 Å². The Morgan fingerprint density at radius 1 is 1.23 bits per heavy atom. The molecule has 1 saturated carbocycles. The number of nitrogens with two attached hydrogens (primary N) is 2. The molecule has 1 heterocycles. The van der Waals surface area contributed by atoms with Crippen molar-refractivity contribution in [2.24, 2.45) is 11.5 Å². The normalized spacial score (nSPS) is 21.8. The highest BCUT2D eigenvalue weighted by Crippen LogP contribution is 2.33. The lowest BCUT2D eigenvalue weighted by molar-refractivity contribution is -0.0555. The Balaban J connectivity index is 1.84. The zero-order chi connectivity index (χ0) is 18.7. The molecule has 1 aromatic heterocycles. The van der Waals surface area contributed by atoms with Crippen molar-refractivity contribution in [2.75, 3.05) is 10.6 Å². The number of carbonyl (C=O) groups is 1. The summed E-state index contributed by atoms with van der Waals surface area (Å²) in [6, 6.07) is 6.88. The predicted molar refractivity (Wildman–Crippen MR) is 92.3 cm³/mol. The number of alkyl halides is 2. The molecule has 8 nitrogen and oxygen atoms in total. The van der Waals surface area contributed by atoms with Crippen LogP contribution in [0, 0.1) is 0 Å². The summed E-state index contributed by atoms with van der Waals surface area (Å²) in [4.78, 5) is 15.7. The van der Waals surface area contributed by atoms with Gasteiger partial charge in [0.25, 0.3) is 11.8 Å². The molecule has 0 spiro atoms. The number of carbonyl (C=O) groups excluding carboxylic acids is 1. The van der Waals surface area contributed by atoms with Crippen LogP contribution in [0.3, 0.4) is 0 Å². The summed E-state index contributed by atoms with van der Waals surface area (Å²) in [7, 11) is 0. The van der Waals surface area contributed by atoms with Crippen molar-refractivity contribution < 1.29 is 13.6 Å². The maximum atomic E-state index is 13.8. The molecule has 6 N–H and O–H groups in total. The van der Waals surface area contributed by atoms with Crippen LogP contribution in [0.25, 0.3) is 0 Å². The second-order valence-electron chi connectivity index (χ2n) is 6.12. The zero-order valence-electron chi connectivity index (χ0n) is 13.8. The third-order valence-corrected chi connectivity index (χ3v) is 4.22. The number of nitrogens with zero attached hydrogens (tertiary/aromatic N) is 3. The van der Waals surface area contributed by atoms with Crippen molar-refractivity contribution in [3.05, 3.63) is 36.0 Å². The maximum absolute atomic E-state index is 13.8. The zero-order valence-corrected chi connectivity index (χ0v) is 13.8. The van der Waals surface area contributed by atoms with E-state index >= 15 is 0 Å². The Bertz CT molecular complexity index is 787. The molecule has 1 fully saturated rings. The lowest BCUT2D eigenvalue weighted by Gasteiger charge is -2.35. The number of primary amides is 1. The molecule has 10 heteroatoms. The maximum Gasteiger partial charge on any atom is 0.273 e. The molecule has 0 bridgehead atoms. The molecule has 1 aromatic carbocycles. The molecular formula is C16H19F2N7O. The molecular weight excluding hydrogens is 344 g/mol. The number of amides is 1. The fourth-order valence-corrected chi connectivity index (χ4v) is 2.82. The number of benzene rings is 1. The largest absolute Gasteiger partial charge is 0.364 e. The van der Waals surface area contributed by atoms with E-state index in [9.17, 15) is 13.6 Å². The smallest absolute Gasteiger partial charge is 0.273 e. The number of halogens is 2. The van der Waals surface area contributed by atoms with E-state index in [2.05, 4.69) is 25.8 Å². The van der Waals surface area contributed by atoms with E-state index in [1.165, 1.54) is 0 Å². The summed E-state index contributed by atoms with van der Waals surface area (Å²) in [5.41, 5.74) is 11.5. The average molecular weight is 363 g/mol. The van der Waals surface area contributed by atoms with E-state index in [-0.39, 0.29) is 23.9 Å². The minimum atomic E-state index is -2.96. The van der Waals surface area contributed by atoms with Crippen LogP contribution >= 0.6 is 0 Å². The Morgan fingerprint density at radius 2 is 1.96 bits per heavy atom. The van der Waals surface area contributed by atoms with E-state index in [1.807, 2.05) is 6.07 Å². The highest BCUT2D eigenvalue weighted by Gasteiger charge is 2.45. The van der Waals surface area contributed by atoms with Gasteiger partial charge in [0.15, 0.2) is 11.5 Å². The first kappa shape index (κ1) is 17.9. The van der Waals surface area contributed by atoms with Gasteiger partial charge in [-0.25, -0.2) is 8.78 Å². The van der Waals surface area contributed by atoms with Crippen LogP contribution in [0.2, 0.25) is 0 Å². The van der Waals surface area contributed by atoms with Crippen molar-refractivity contribution in [1.29, 1.82) is 0 Å². The van der Waals surface area contributed by atoms with Crippen LogP contribution in [0.1, 0.15) is 29.8 Å². The Hall–Kier alpha value is -2.88. The van der Waals surface area contributed by atoms with Gasteiger partial charge in [0.1, 0.15) is 0 Å². The fourth-order valence-electron chi connectivity index (χ4n) is 2.82. The van der Waals surface area contributed by atoms with Gasteiger partial charge in [-0.2, -0.15) is 4.98 Å².